The molecule has 0 saturated carbocycles. The van der Waals surface area contributed by atoms with Crippen molar-refractivity contribution in [1.82, 2.24) is 0 Å². The smallest absolute Gasteiger partial charge is 0.255 e. The van der Waals surface area contributed by atoms with Crippen LogP contribution in [0.25, 0.3) is 0 Å². The summed E-state index contributed by atoms with van der Waals surface area (Å²) < 4.78 is 42.3. The molecule has 0 fully saturated rings. The number of benzene rings is 2. The molecule has 0 saturated heterocycles. The van der Waals surface area contributed by atoms with Crippen LogP contribution in [0.4, 0.5) is 5.69 Å². The van der Waals surface area contributed by atoms with Gasteiger partial charge in [-0.15, -0.1) is 0 Å². The molecule has 0 radical (unpaired) electrons. The highest BCUT2D eigenvalue weighted by Gasteiger charge is 2.26. The second kappa shape index (κ2) is 11.0. The van der Waals surface area contributed by atoms with E-state index in [1.807, 2.05) is 27.7 Å². The topological polar surface area (TPSA) is 90.9 Å². The lowest BCUT2D eigenvalue weighted by molar-refractivity contribution is 0.102. The Bertz CT molecular complexity index is 999. The van der Waals surface area contributed by atoms with Gasteiger partial charge in [0.1, 0.15) is 5.75 Å². The summed E-state index contributed by atoms with van der Waals surface area (Å²) >= 11 is 0. The summed E-state index contributed by atoms with van der Waals surface area (Å²) in [6, 6.07) is 9.40. The summed E-state index contributed by atoms with van der Waals surface area (Å²) in [6.45, 7) is 8.31. The number of carbonyl (C=O) groups is 1. The molecular formula is C23H31NO6S. The van der Waals surface area contributed by atoms with E-state index in [1.54, 1.807) is 24.3 Å². The van der Waals surface area contributed by atoms with E-state index in [4.69, 9.17) is 14.2 Å². The van der Waals surface area contributed by atoms with Gasteiger partial charge in [0.05, 0.1) is 36.2 Å². The molecule has 0 unspecified atom stereocenters. The van der Waals surface area contributed by atoms with Crippen LogP contribution < -0.4 is 19.5 Å². The van der Waals surface area contributed by atoms with Gasteiger partial charge in [-0.3, -0.25) is 4.79 Å². The molecule has 1 N–H and O–H groups in total. The number of ether oxygens (including phenoxy) is 3. The van der Waals surface area contributed by atoms with Gasteiger partial charge in [0.15, 0.2) is 21.3 Å². The Kier molecular flexibility index (Phi) is 8.74. The zero-order valence-corrected chi connectivity index (χ0v) is 19.5. The van der Waals surface area contributed by atoms with Gasteiger partial charge in [0, 0.05) is 5.56 Å². The molecular weight excluding hydrogens is 418 g/mol. The SMILES string of the molecule is CCOc1ccc(C(=O)Nc2cc(S(=O)(=O)C(CC)CC)ccc2OC)cc1OCC. The fourth-order valence-electron chi connectivity index (χ4n) is 3.27. The summed E-state index contributed by atoms with van der Waals surface area (Å²) in [6.07, 6.45) is 1.03. The first-order valence-corrected chi connectivity index (χ1v) is 12.0. The fourth-order valence-corrected chi connectivity index (χ4v) is 5.07. The van der Waals surface area contributed by atoms with E-state index in [0.29, 0.717) is 48.9 Å². The average molecular weight is 450 g/mol. The highest BCUT2D eigenvalue weighted by Crippen LogP contribution is 2.32. The Labute approximate surface area is 184 Å². The molecule has 8 heteroatoms. The predicted molar refractivity (Wildman–Crippen MR) is 121 cm³/mol. The number of methoxy groups -OCH3 is 1. The molecule has 170 valence electrons. The molecule has 0 aromatic heterocycles. The Morgan fingerprint density at radius 2 is 1.52 bits per heavy atom. The molecule has 2 aromatic rings. The highest BCUT2D eigenvalue weighted by atomic mass is 32.2. The van der Waals surface area contributed by atoms with Crippen molar-refractivity contribution < 1.29 is 27.4 Å². The maximum Gasteiger partial charge on any atom is 0.255 e. The Hall–Kier alpha value is -2.74. The number of hydrogen-bond donors (Lipinski definition) is 1. The first-order valence-electron chi connectivity index (χ1n) is 10.4. The Balaban J connectivity index is 2.39. The number of amides is 1. The van der Waals surface area contributed by atoms with Gasteiger partial charge in [-0.05, 0) is 63.1 Å². The van der Waals surface area contributed by atoms with E-state index in [9.17, 15) is 13.2 Å². The van der Waals surface area contributed by atoms with Gasteiger partial charge in [-0.25, -0.2) is 8.42 Å². The van der Waals surface area contributed by atoms with Crippen molar-refractivity contribution >= 4 is 21.4 Å². The summed E-state index contributed by atoms with van der Waals surface area (Å²) in [5, 5.41) is 2.28. The number of rotatable bonds is 11. The number of hydrogen-bond acceptors (Lipinski definition) is 6. The fraction of sp³-hybridized carbons (Fsp3) is 0.435. The number of sulfone groups is 1. The quantitative estimate of drug-likeness (QED) is 0.534. The van der Waals surface area contributed by atoms with Gasteiger partial charge in [0.2, 0.25) is 0 Å². The van der Waals surface area contributed by atoms with Crippen LogP contribution in [0.1, 0.15) is 50.9 Å². The molecule has 0 heterocycles. The van der Waals surface area contributed by atoms with Crippen molar-refractivity contribution in [2.75, 3.05) is 25.6 Å². The van der Waals surface area contributed by atoms with Crippen LogP contribution in [-0.2, 0) is 9.84 Å². The predicted octanol–water partition coefficient (Wildman–Crippen LogP) is 4.71. The van der Waals surface area contributed by atoms with Crippen molar-refractivity contribution in [2.45, 2.75) is 50.7 Å². The van der Waals surface area contributed by atoms with Crippen molar-refractivity contribution in [2.24, 2.45) is 0 Å². The van der Waals surface area contributed by atoms with E-state index in [0.717, 1.165) is 0 Å². The van der Waals surface area contributed by atoms with E-state index in [1.165, 1.54) is 19.2 Å². The van der Waals surface area contributed by atoms with Gasteiger partial charge in [0.25, 0.3) is 5.91 Å². The number of carbonyl (C=O) groups excluding carboxylic acids is 1. The first kappa shape index (κ1) is 24.5. The van der Waals surface area contributed by atoms with Crippen molar-refractivity contribution in [1.29, 1.82) is 0 Å². The van der Waals surface area contributed by atoms with Crippen LogP contribution in [0.5, 0.6) is 17.2 Å². The average Bonchev–Trinajstić information content (AvgIpc) is 2.75. The largest absolute Gasteiger partial charge is 0.495 e. The minimum Gasteiger partial charge on any atom is -0.495 e. The maximum atomic E-state index is 12.9. The molecule has 0 bridgehead atoms. The number of anilines is 1. The Morgan fingerprint density at radius 1 is 0.903 bits per heavy atom. The van der Waals surface area contributed by atoms with Crippen LogP contribution in [0.2, 0.25) is 0 Å². The van der Waals surface area contributed by atoms with Gasteiger partial charge in [-0.2, -0.15) is 0 Å². The Morgan fingerprint density at radius 3 is 2.10 bits per heavy atom. The van der Waals surface area contributed by atoms with E-state index >= 15 is 0 Å². The van der Waals surface area contributed by atoms with Gasteiger partial charge in [-0.1, -0.05) is 13.8 Å². The van der Waals surface area contributed by atoms with Crippen LogP contribution in [0.3, 0.4) is 0 Å². The van der Waals surface area contributed by atoms with Crippen LogP contribution in [0, 0.1) is 0 Å². The van der Waals surface area contributed by atoms with Gasteiger partial charge < -0.3 is 19.5 Å². The molecule has 0 atom stereocenters. The molecule has 0 spiro atoms. The summed E-state index contributed by atoms with van der Waals surface area (Å²) in [5.74, 6) is 0.970. The van der Waals surface area contributed by atoms with Crippen molar-refractivity contribution in [3.05, 3.63) is 42.0 Å². The lowest BCUT2D eigenvalue weighted by Crippen LogP contribution is -2.20. The summed E-state index contributed by atoms with van der Waals surface area (Å²) in [5.41, 5.74) is 0.633. The molecule has 2 rings (SSSR count). The van der Waals surface area contributed by atoms with Crippen LogP contribution >= 0.6 is 0 Å². The lowest BCUT2D eigenvalue weighted by Gasteiger charge is -2.17. The minimum absolute atomic E-state index is 0.152. The molecule has 31 heavy (non-hydrogen) atoms. The van der Waals surface area contributed by atoms with Gasteiger partial charge >= 0.3 is 0 Å². The van der Waals surface area contributed by atoms with E-state index in [2.05, 4.69) is 5.32 Å². The lowest BCUT2D eigenvalue weighted by atomic mass is 10.1. The standard InChI is InChI=1S/C23H31NO6S/c1-6-17(7-2)31(26,27)18-11-13-20(28-5)19(15-18)24-23(25)16-10-12-21(29-8-3)22(14-16)30-9-4/h10-15,17H,6-9H2,1-5H3,(H,24,25). The summed E-state index contributed by atoms with van der Waals surface area (Å²) in [4.78, 5) is 13.1. The molecule has 0 aliphatic heterocycles. The molecule has 7 nitrogen and oxygen atoms in total. The minimum atomic E-state index is -3.52. The number of nitrogens with one attached hydrogen (secondary N) is 1. The van der Waals surface area contributed by atoms with Crippen LogP contribution in [-0.4, -0.2) is 39.9 Å². The monoisotopic (exact) mass is 449 g/mol. The zero-order valence-electron chi connectivity index (χ0n) is 18.7. The highest BCUT2D eigenvalue weighted by molar-refractivity contribution is 7.92. The van der Waals surface area contributed by atoms with E-state index < -0.39 is 21.0 Å². The molecule has 0 aliphatic rings. The third-order valence-corrected chi connectivity index (χ3v) is 7.36. The summed E-state index contributed by atoms with van der Waals surface area (Å²) in [7, 11) is -2.06. The van der Waals surface area contributed by atoms with Crippen molar-refractivity contribution in [3.8, 4) is 17.2 Å². The van der Waals surface area contributed by atoms with E-state index in [-0.39, 0.29) is 10.6 Å². The van der Waals surface area contributed by atoms with Crippen LogP contribution in [0.15, 0.2) is 41.3 Å². The second-order valence-corrected chi connectivity index (χ2v) is 9.06. The third-order valence-electron chi connectivity index (χ3n) is 4.90. The molecule has 1 amide bonds. The second-order valence-electron chi connectivity index (χ2n) is 6.83. The normalized spacial score (nSPS) is 11.3. The first-order chi connectivity index (χ1) is 14.8. The zero-order chi connectivity index (χ0) is 23.0. The third kappa shape index (κ3) is 5.70. The molecule has 2 aromatic carbocycles. The van der Waals surface area contributed by atoms with Crippen molar-refractivity contribution in [3.63, 3.8) is 0 Å². The maximum absolute atomic E-state index is 12.9. The molecule has 0 aliphatic carbocycles.